The molecule has 0 aromatic heterocycles. The molecule has 0 aliphatic rings. The molecular weight excluding hydrogens is 264 g/mol. The second kappa shape index (κ2) is 7.47. The minimum absolute atomic E-state index is 0.146. The first kappa shape index (κ1) is 15.9. The highest BCUT2D eigenvalue weighted by Gasteiger charge is 2.18. The van der Waals surface area contributed by atoms with Crippen LogP contribution in [0.2, 0.25) is 0 Å². The quantitative estimate of drug-likeness (QED) is 0.634. The molecule has 108 valence electrons. The monoisotopic (exact) mass is 286 g/mol. The summed E-state index contributed by atoms with van der Waals surface area (Å²) in [5, 5.41) is 11.8. The van der Waals surface area contributed by atoms with Gasteiger partial charge in [0.15, 0.2) is 0 Å². The Kier molecular flexibility index (Phi) is 6.27. The third-order valence-electron chi connectivity index (χ3n) is 2.47. The lowest BCUT2D eigenvalue weighted by atomic mass is 10.3. The molecule has 1 aromatic rings. The van der Waals surface area contributed by atoms with Crippen molar-refractivity contribution in [2.24, 2.45) is 0 Å². The van der Waals surface area contributed by atoms with E-state index in [9.17, 15) is 8.42 Å². The minimum Gasteiger partial charge on any atom is -0.396 e. The number of aliphatic hydroxyl groups excluding tert-OH is 1. The van der Waals surface area contributed by atoms with Crippen molar-refractivity contribution < 1.29 is 13.5 Å². The SMILES string of the molecule is CC(C)NS(=O)(=O)c1ccccc1NCCCCO. The molecule has 0 spiro atoms. The first-order valence-corrected chi connectivity index (χ1v) is 7.92. The lowest BCUT2D eigenvalue weighted by Crippen LogP contribution is -2.30. The van der Waals surface area contributed by atoms with E-state index in [0.717, 1.165) is 6.42 Å². The van der Waals surface area contributed by atoms with Crippen LogP contribution in [0.25, 0.3) is 0 Å². The average Bonchev–Trinajstić information content (AvgIpc) is 2.33. The zero-order valence-electron chi connectivity index (χ0n) is 11.4. The molecule has 1 aromatic carbocycles. The molecule has 0 saturated carbocycles. The molecule has 0 fully saturated rings. The minimum atomic E-state index is -3.49. The van der Waals surface area contributed by atoms with Gasteiger partial charge in [-0.3, -0.25) is 0 Å². The Hall–Kier alpha value is -1.11. The Balaban J connectivity index is 2.83. The highest BCUT2D eigenvalue weighted by atomic mass is 32.2. The lowest BCUT2D eigenvalue weighted by Gasteiger charge is -2.14. The topological polar surface area (TPSA) is 78.4 Å². The van der Waals surface area contributed by atoms with Crippen LogP contribution in [0.3, 0.4) is 0 Å². The molecule has 0 aliphatic heterocycles. The number of para-hydroxylation sites is 1. The molecule has 0 radical (unpaired) electrons. The molecule has 0 bridgehead atoms. The van der Waals surface area contributed by atoms with Crippen molar-refractivity contribution in [1.82, 2.24) is 4.72 Å². The average molecular weight is 286 g/mol. The van der Waals surface area contributed by atoms with Gasteiger partial charge in [-0.15, -0.1) is 0 Å². The highest BCUT2D eigenvalue weighted by molar-refractivity contribution is 7.89. The number of rotatable bonds is 8. The molecule has 1 rings (SSSR count). The van der Waals surface area contributed by atoms with E-state index in [1.54, 1.807) is 38.1 Å². The van der Waals surface area contributed by atoms with Crippen LogP contribution >= 0.6 is 0 Å². The Morgan fingerprint density at radius 3 is 2.53 bits per heavy atom. The van der Waals surface area contributed by atoms with Crippen LogP contribution < -0.4 is 10.0 Å². The Morgan fingerprint density at radius 2 is 1.89 bits per heavy atom. The van der Waals surface area contributed by atoms with Gasteiger partial charge in [-0.2, -0.15) is 0 Å². The van der Waals surface area contributed by atoms with E-state index >= 15 is 0 Å². The van der Waals surface area contributed by atoms with Crippen LogP contribution in [0.4, 0.5) is 5.69 Å². The maximum absolute atomic E-state index is 12.2. The fraction of sp³-hybridized carbons (Fsp3) is 0.538. The number of unbranched alkanes of at least 4 members (excludes halogenated alkanes) is 1. The van der Waals surface area contributed by atoms with Gasteiger partial charge < -0.3 is 10.4 Å². The molecule has 3 N–H and O–H groups in total. The number of aliphatic hydroxyl groups is 1. The molecule has 0 aliphatic carbocycles. The molecule has 5 nitrogen and oxygen atoms in total. The molecule has 0 heterocycles. The van der Waals surface area contributed by atoms with Crippen molar-refractivity contribution in [1.29, 1.82) is 0 Å². The van der Waals surface area contributed by atoms with Crippen LogP contribution in [0.15, 0.2) is 29.2 Å². The second-order valence-corrected chi connectivity index (χ2v) is 6.31. The van der Waals surface area contributed by atoms with Gasteiger partial charge in [0.25, 0.3) is 0 Å². The summed E-state index contributed by atoms with van der Waals surface area (Å²) in [6, 6.07) is 6.68. The fourth-order valence-electron chi connectivity index (χ4n) is 1.68. The number of anilines is 1. The van der Waals surface area contributed by atoms with Gasteiger partial charge in [-0.1, -0.05) is 12.1 Å². The van der Waals surface area contributed by atoms with Gasteiger partial charge in [-0.05, 0) is 38.8 Å². The van der Waals surface area contributed by atoms with Crippen LogP contribution in [0.1, 0.15) is 26.7 Å². The summed E-state index contributed by atoms with van der Waals surface area (Å²) in [6.07, 6.45) is 1.49. The smallest absolute Gasteiger partial charge is 0.242 e. The van der Waals surface area contributed by atoms with Crippen molar-refractivity contribution in [2.75, 3.05) is 18.5 Å². The zero-order valence-corrected chi connectivity index (χ0v) is 12.2. The predicted octanol–water partition coefficient (Wildman–Crippen LogP) is 1.56. The van der Waals surface area contributed by atoms with Crippen molar-refractivity contribution in [3.63, 3.8) is 0 Å². The van der Waals surface area contributed by atoms with Crippen LogP contribution in [-0.2, 0) is 10.0 Å². The van der Waals surface area contributed by atoms with Crippen molar-refractivity contribution in [2.45, 2.75) is 37.6 Å². The number of sulfonamides is 1. The van der Waals surface area contributed by atoms with E-state index in [1.165, 1.54) is 0 Å². The Labute approximate surface area is 115 Å². The first-order valence-electron chi connectivity index (χ1n) is 6.43. The molecule has 6 heteroatoms. The third-order valence-corrected chi connectivity index (χ3v) is 4.18. The summed E-state index contributed by atoms with van der Waals surface area (Å²) < 4.78 is 26.9. The molecular formula is C13H22N2O3S. The molecule has 0 saturated heterocycles. The summed E-state index contributed by atoms with van der Waals surface area (Å²) >= 11 is 0. The largest absolute Gasteiger partial charge is 0.396 e. The van der Waals surface area contributed by atoms with E-state index in [2.05, 4.69) is 10.0 Å². The zero-order chi connectivity index (χ0) is 14.3. The maximum Gasteiger partial charge on any atom is 0.242 e. The van der Waals surface area contributed by atoms with Gasteiger partial charge in [0.05, 0.1) is 5.69 Å². The van der Waals surface area contributed by atoms with Crippen molar-refractivity contribution >= 4 is 15.7 Å². The number of nitrogens with one attached hydrogen (secondary N) is 2. The van der Waals surface area contributed by atoms with Gasteiger partial charge in [-0.25, -0.2) is 13.1 Å². The fourth-order valence-corrected chi connectivity index (χ4v) is 3.12. The number of hydrogen-bond acceptors (Lipinski definition) is 4. The van der Waals surface area contributed by atoms with E-state index in [-0.39, 0.29) is 17.5 Å². The third kappa shape index (κ3) is 5.18. The Morgan fingerprint density at radius 1 is 1.21 bits per heavy atom. The Bertz CT molecular complexity index is 486. The maximum atomic E-state index is 12.2. The van der Waals surface area contributed by atoms with Crippen LogP contribution in [-0.4, -0.2) is 32.7 Å². The van der Waals surface area contributed by atoms with Crippen LogP contribution in [0, 0.1) is 0 Å². The van der Waals surface area contributed by atoms with Gasteiger partial charge in [0.1, 0.15) is 4.90 Å². The van der Waals surface area contributed by atoms with E-state index in [0.29, 0.717) is 18.7 Å². The van der Waals surface area contributed by atoms with Gasteiger partial charge >= 0.3 is 0 Å². The van der Waals surface area contributed by atoms with Crippen molar-refractivity contribution in [3.8, 4) is 0 Å². The predicted molar refractivity (Wildman–Crippen MR) is 76.7 cm³/mol. The molecule has 0 amide bonds. The number of hydrogen-bond donors (Lipinski definition) is 3. The lowest BCUT2D eigenvalue weighted by molar-refractivity contribution is 0.286. The summed E-state index contributed by atoms with van der Waals surface area (Å²) in [5.74, 6) is 0. The number of benzene rings is 1. The van der Waals surface area contributed by atoms with E-state index in [4.69, 9.17) is 5.11 Å². The standard InChI is InChI=1S/C13H22N2O3S/c1-11(2)15-19(17,18)13-8-4-3-7-12(13)14-9-5-6-10-16/h3-4,7-8,11,14-16H,5-6,9-10H2,1-2H3. The first-order chi connectivity index (χ1) is 8.97. The molecule has 0 atom stereocenters. The van der Waals surface area contributed by atoms with Gasteiger partial charge in [0.2, 0.25) is 10.0 Å². The summed E-state index contributed by atoms with van der Waals surface area (Å²) in [5.41, 5.74) is 0.591. The van der Waals surface area contributed by atoms with Gasteiger partial charge in [0, 0.05) is 19.2 Å². The normalized spacial score (nSPS) is 11.8. The highest BCUT2D eigenvalue weighted by Crippen LogP contribution is 2.20. The summed E-state index contributed by atoms with van der Waals surface area (Å²) in [4.78, 5) is 0.257. The van der Waals surface area contributed by atoms with Crippen molar-refractivity contribution in [3.05, 3.63) is 24.3 Å². The van der Waals surface area contributed by atoms with Crippen LogP contribution in [0.5, 0.6) is 0 Å². The second-order valence-electron chi connectivity index (χ2n) is 4.63. The van der Waals surface area contributed by atoms with E-state index in [1.807, 2.05) is 0 Å². The molecule has 0 unspecified atom stereocenters. The summed E-state index contributed by atoms with van der Waals surface area (Å²) in [6.45, 7) is 4.36. The van der Waals surface area contributed by atoms with E-state index < -0.39 is 10.0 Å². The molecule has 19 heavy (non-hydrogen) atoms. The summed E-state index contributed by atoms with van der Waals surface area (Å²) in [7, 11) is -3.49.